The first-order valence-electron chi connectivity index (χ1n) is 8.21. The van der Waals surface area contributed by atoms with Crippen molar-refractivity contribution in [2.45, 2.75) is 20.4 Å². The highest BCUT2D eigenvalue weighted by atomic mass is 16.5. The highest BCUT2D eigenvalue weighted by molar-refractivity contribution is 5.91. The fraction of sp³-hybridized carbons (Fsp3) is 0.143. The van der Waals surface area contributed by atoms with Crippen molar-refractivity contribution in [1.29, 1.82) is 0 Å². The Kier molecular flexibility index (Phi) is 5.09. The van der Waals surface area contributed by atoms with Gasteiger partial charge in [-0.25, -0.2) is 0 Å². The van der Waals surface area contributed by atoms with Crippen molar-refractivity contribution >= 4 is 11.6 Å². The molecule has 0 fully saturated rings. The summed E-state index contributed by atoms with van der Waals surface area (Å²) in [4.78, 5) is 12.5. The predicted molar refractivity (Wildman–Crippen MR) is 97.7 cm³/mol. The summed E-state index contributed by atoms with van der Waals surface area (Å²) in [7, 11) is 0. The average molecular weight is 333 g/mol. The van der Waals surface area contributed by atoms with Crippen molar-refractivity contribution in [2.75, 3.05) is 5.32 Å². The molecule has 1 amide bonds. The summed E-state index contributed by atoms with van der Waals surface area (Å²) >= 11 is 0. The summed E-state index contributed by atoms with van der Waals surface area (Å²) in [6.07, 6.45) is 1.91. The molecule has 2 aromatic carbocycles. The number of carbonyl (C=O) groups is 1. The van der Waals surface area contributed by atoms with Gasteiger partial charge in [0.05, 0.1) is 5.69 Å². The van der Waals surface area contributed by atoms with Crippen LogP contribution in [0.25, 0.3) is 0 Å². The second-order valence-corrected chi connectivity index (χ2v) is 5.86. The molecular weight excluding hydrogens is 312 g/mol. The summed E-state index contributed by atoms with van der Waals surface area (Å²) in [5.41, 5.74) is 2.89. The van der Waals surface area contributed by atoms with Gasteiger partial charge in [-0.05, 0) is 37.3 Å². The number of nitrogens with zero attached hydrogens (tertiary/aromatic N) is 1. The van der Waals surface area contributed by atoms with E-state index in [-0.39, 0.29) is 12.5 Å². The average Bonchev–Trinajstić information content (AvgIpc) is 2.62. The number of aromatic nitrogens is 1. The van der Waals surface area contributed by atoms with Crippen LogP contribution in [0, 0.1) is 13.8 Å². The zero-order valence-corrected chi connectivity index (χ0v) is 14.4. The molecule has 4 nitrogen and oxygen atoms in total. The molecule has 1 N–H and O–H groups in total. The van der Waals surface area contributed by atoms with Crippen molar-refractivity contribution in [3.05, 3.63) is 84.2 Å². The highest BCUT2D eigenvalue weighted by Crippen LogP contribution is 2.28. The van der Waals surface area contributed by atoms with Crippen LogP contribution in [0.4, 0.5) is 5.69 Å². The molecule has 0 aliphatic carbocycles. The van der Waals surface area contributed by atoms with Gasteiger partial charge in [0.1, 0.15) is 5.75 Å². The molecule has 1 heterocycles. The largest absolute Gasteiger partial charge is 0.455 e. The van der Waals surface area contributed by atoms with Gasteiger partial charge in [0.2, 0.25) is 6.54 Å². The summed E-state index contributed by atoms with van der Waals surface area (Å²) in [6.45, 7) is 4.30. The normalized spacial score (nSPS) is 10.3. The third kappa shape index (κ3) is 4.23. The van der Waals surface area contributed by atoms with E-state index in [0.29, 0.717) is 11.4 Å². The van der Waals surface area contributed by atoms with E-state index >= 15 is 0 Å². The number of carbonyl (C=O) groups excluding carboxylic acids is 1. The fourth-order valence-corrected chi connectivity index (χ4v) is 2.54. The number of rotatable bonds is 5. The lowest BCUT2D eigenvalue weighted by Crippen LogP contribution is -2.43. The molecule has 4 heteroatoms. The molecule has 0 saturated heterocycles. The van der Waals surface area contributed by atoms with Crippen LogP contribution in [0.3, 0.4) is 0 Å². The number of hydrogen-bond acceptors (Lipinski definition) is 2. The van der Waals surface area contributed by atoms with Crippen molar-refractivity contribution in [2.24, 2.45) is 0 Å². The van der Waals surface area contributed by atoms with Crippen LogP contribution in [0.15, 0.2) is 72.9 Å². The Morgan fingerprint density at radius 2 is 1.68 bits per heavy atom. The quantitative estimate of drug-likeness (QED) is 0.717. The molecule has 0 unspecified atom stereocenters. The Labute approximate surface area is 147 Å². The van der Waals surface area contributed by atoms with E-state index in [1.165, 1.54) is 0 Å². The molecule has 0 radical (unpaired) electrons. The van der Waals surface area contributed by atoms with Crippen LogP contribution >= 0.6 is 0 Å². The lowest BCUT2D eigenvalue weighted by atomic mass is 10.2. The number of anilines is 1. The van der Waals surface area contributed by atoms with E-state index < -0.39 is 0 Å². The van der Waals surface area contributed by atoms with Gasteiger partial charge in [-0.2, -0.15) is 4.57 Å². The molecule has 25 heavy (non-hydrogen) atoms. The number of para-hydroxylation sites is 3. The smallest absolute Gasteiger partial charge is 0.290 e. The first kappa shape index (κ1) is 16.7. The van der Waals surface area contributed by atoms with Crippen molar-refractivity contribution in [3.63, 3.8) is 0 Å². The van der Waals surface area contributed by atoms with Gasteiger partial charge in [-0.15, -0.1) is 0 Å². The van der Waals surface area contributed by atoms with Crippen LogP contribution < -0.4 is 14.6 Å². The Balaban J connectivity index is 1.74. The second kappa shape index (κ2) is 7.62. The molecule has 3 rings (SSSR count). The van der Waals surface area contributed by atoms with Gasteiger partial charge in [0, 0.05) is 18.6 Å². The number of benzene rings is 2. The van der Waals surface area contributed by atoms with E-state index in [0.717, 1.165) is 17.0 Å². The summed E-state index contributed by atoms with van der Waals surface area (Å²) in [6, 6.07) is 20.9. The minimum atomic E-state index is -0.0946. The first-order chi connectivity index (χ1) is 12.1. The number of amides is 1. The van der Waals surface area contributed by atoms with Gasteiger partial charge in [0.15, 0.2) is 17.6 Å². The minimum absolute atomic E-state index is 0.0946. The first-order valence-corrected chi connectivity index (χ1v) is 8.21. The van der Waals surface area contributed by atoms with E-state index in [1.807, 2.05) is 91.3 Å². The Morgan fingerprint density at radius 1 is 0.960 bits per heavy atom. The van der Waals surface area contributed by atoms with Crippen LogP contribution in [0.5, 0.6) is 11.5 Å². The number of hydrogen-bond donors (Lipinski definition) is 1. The van der Waals surface area contributed by atoms with E-state index in [4.69, 9.17) is 4.74 Å². The number of pyridine rings is 1. The zero-order valence-electron chi connectivity index (χ0n) is 14.4. The summed E-state index contributed by atoms with van der Waals surface area (Å²) < 4.78 is 7.82. The van der Waals surface area contributed by atoms with E-state index in [1.54, 1.807) is 0 Å². The Bertz CT molecular complexity index is 876. The maximum Gasteiger partial charge on any atom is 0.290 e. The van der Waals surface area contributed by atoms with E-state index in [9.17, 15) is 4.79 Å². The number of nitrogens with one attached hydrogen (secondary N) is 1. The Hall–Kier alpha value is -3.14. The molecule has 0 aliphatic heterocycles. The van der Waals surface area contributed by atoms with Crippen LogP contribution in [0.1, 0.15) is 11.3 Å². The van der Waals surface area contributed by atoms with Crippen LogP contribution in [0.2, 0.25) is 0 Å². The van der Waals surface area contributed by atoms with Gasteiger partial charge in [0.25, 0.3) is 5.91 Å². The molecule has 0 aliphatic rings. The molecule has 1 aromatic heterocycles. The van der Waals surface area contributed by atoms with Crippen molar-refractivity contribution < 1.29 is 14.1 Å². The molecule has 0 saturated carbocycles. The highest BCUT2D eigenvalue weighted by Gasteiger charge is 2.15. The maximum atomic E-state index is 12.5. The lowest BCUT2D eigenvalue weighted by molar-refractivity contribution is -0.690. The summed E-state index contributed by atoms with van der Waals surface area (Å²) in [5.74, 6) is 1.25. The van der Waals surface area contributed by atoms with Gasteiger partial charge < -0.3 is 10.1 Å². The maximum absolute atomic E-state index is 12.5. The second-order valence-electron chi connectivity index (χ2n) is 5.86. The van der Waals surface area contributed by atoms with Gasteiger partial charge in [-0.3, -0.25) is 4.79 Å². The molecule has 126 valence electrons. The van der Waals surface area contributed by atoms with Gasteiger partial charge in [-0.1, -0.05) is 30.3 Å². The summed E-state index contributed by atoms with van der Waals surface area (Å²) in [5, 5.41) is 2.94. The lowest BCUT2D eigenvalue weighted by Gasteiger charge is -2.11. The molecule has 0 spiro atoms. The van der Waals surface area contributed by atoms with Gasteiger partial charge >= 0.3 is 0 Å². The van der Waals surface area contributed by atoms with Crippen LogP contribution in [-0.2, 0) is 11.3 Å². The molecule has 0 bridgehead atoms. The molecule has 3 aromatic rings. The third-order valence-electron chi connectivity index (χ3n) is 4.06. The Morgan fingerprint density at radius 3 is 2.48 bits per heavy atom. The van der Waals surface area contributed by atoms with E-state index in [2.05, 4.69) is 5.32 Å². The zero-order chi connectivity index (χ0) is 17.6. The number of aryl methyl sites for hydroxylation is 1. The monoisotopic (exact) mass is 333 g/mol. The topological polar surface area (TPSA) is 42.2 Å². The fourth-order valence-electron chi connectivity index (χ4n) is 2.54. The number of ether oxygens (including phenoxy) is 1. The standard InChI is InChI=1S/C21H20N2O2/c1-16-9-8-14-23(17(16)2)15-21(24)22-19-12-6-7-13-20(19)25-18-10-4-3-5-11-18/h3-14H,15H2,1-2H3/p+1. The molecular formula is C21H21N2O2+. The minimum Gasteiger partial charge on any atom is -0.455 e. The van der Waals surface area contributed by atoms with Crippen molar-refractivity contribution in [3.8, 4) is 11.5 Å². The SMILES string of the molecule is Cc1ccc[n+](CC(=O)Nc2ccccc2Oc2ccccc2)c1C. The molecule has 0 atom stereocenters. The van der Waals surface area contributed by atoms with Crippen molar-refractivity contribution in [1.82, 2.24) is 0 Å². The predicted octanol–water partition coefficient (Wildman–Crippen LogP) is 4.02. The third-order valence-corrected chi connectivity index (χ3v) is 4.06. The van der Waals surface area contributed by atoms with Crippen LogP contribution in [-0.4, -0.2) is 5.91 Å².